The summed E-state index contributed by atoms with van der Waals surface area (Å²) in [7, 11) is 0. The van der Waals surface area contributed by atoms with E-state index in [2.05, 4.69) is 10.6 Å². The van der Waals surface area contributed by atoms with E-state index in [1.165, 1.54) is 31.2 Å². The van der Waals surface area contributed by atoms with Gasteiger partial charge in [-0.1, -0.05) is 17.7 Å². The molecule has 0 aliphatic rings. The third-order valence-electron chi connectivity index (χ3n) is 3.39. The lowest BCUT2D eigenvalue weighted by Crippen LogP contribution is -2.30. The topological polar surface area (TPSA) is 108 Å². The molecule has 1 atom stereocenters. The quantitative estimate of drug-likeness (QED) is 0.741. The molecule has 7 nitrogen and oxygen atoms in total. The fraction of sp³-hybridized carbons (Fsp3) is 0.158. The number of anilines is 2. The normalized spacial score (nSPS) is 11.0. The van der Waals surface area contributed by atoms with Crippen LogP contribution in [-0.2, 0) is 14.3 Å². The van der Waals surface area contributed by atoms with Gasteiger partial charge in [0, 0.05) is 16.4 Å². The van der Waals surface area contributed by atoms with Crippen LogP contribution in [0.3, 0.4) is 0 Å². The van der Waals surface area contributed by atoms with Gasteiger partial charge in [0.05, 0.1) is 11.6 Å². The highest BCUT2D eigenvalue weighted by Crippen LogP contribution is 2.16. The molecule has 0 saturated heterocycles. The van der Waals surface area contributed by atoms with E-state index >= 15 is 0 Å². The number of carbonyl (C=O) groups is 3. The Bertz CT molecular complexity index is 891. The van der Waals surface area contributed by atoms with Crippen LogP contribution in [0.25, 0.3) is 0 Å². The number of nitriles is 1. The molecule has 0 unspecified atom stereocenters. The number of hydrogen-bond donors (Lipinski definition) is 2. The van der Waals surface area contributed by atoms with Crippen LogP contribution in [0.4, 0.5) is 11.4 Å². The van der Waals surface area contributed by atoms with Gasteiger partial charge < -0.3 is 15.4 Å². The maximum absolute atomic E-state index is 12.1. The van der Waals surface area contributed by atoms with Gasteiger partial charge in [-0.2, -0.15) is 5.26 Å². The Balaban J connectivity index is 1.92. The minimum Gasteiger partial charge on any atom is -0.449 e. The lowest BCUT2D eigenvalue weighted by atomic mass is 10.2. The molecule has 0 aliphatic carbocycles. The van der Waals surface area contributed by atoms with Crippen LogP contribution in [0, 0.1) is 11.3 Å². The number of carbonyl (C=O) groups excluding carboxylic acids is 3. The van der Waals surface area contributed by atoms with E-state index in [9.17, 15) is 14.4 Å². The molecular formula is C19H16ClN3O4. The van der Waals surface area contributed by atoms with Crippen LogP contribution in [0.1, 0.15) is 23.7 Å². The minimum atomic E-state index is -1.02. The van der Waals surface area contributed by atoms with E-state index in [0.29, 0.717) is 16.4 Å². The highest BCUT2D eigenvalue weighted by molar-refractivity contribution is 6.30. The van der Waals surface area contributed by atoms with Gasteiger partial charge in [0.15, 0.2) is 6.10 Å². The summed E-state index contributed by atoms with van der Waals surface area (Å²) in [5.74, 6) is -1.62. The second-order valence-corrected chi connectivity index (χ2v) is 5.94. The van der Waals surface area contributed by atoms with Crippen molar-refractivity contribution in [3.63, 3.8) is 0 Å². The molecule has 0 heterocycles. The van der Waals surface area contributed by atoms with Crippen LogP contribution in [0.5, 0.6) is 0 Å². The second-order valence-electron chi connectivity index (χ2n) is 5.51. The summed E-state index contributed by atoms with van der Waals surface area (Å²) in [5, 5.41) is 14.0. The number of nitrogens with one attached hydrogen (secondary N) is 2. The van der Waals surface area contributed by atoms with Gasteiger partial charge in [-0.05, 0) is 49.4 Å². The van der Waals surface area contributed by atoms with Gasteiger partial charge in [-0.15, -0.1) is 0 Å². The van der Waals surface area contributed by atoms with Crippen molar-refractivity contribution in [2.24, 2.45) is 0 Å². The molecule has 27 heavy (non-hydrogen) atoms. The summed E-state index contributed by atoms with van der Waals surface area (Å²) < 4.78 is 5.15. The first-order valence-corrected chi connectivity index (χ1v) is 8.31. The molecular weight excluding hydrogens is 370 g/mol. The molecule has 0 aliphatic heterocycles. The summed E-state index contributed by atoms with van der Waals surface area (Å²) in [4.78, 5) is 35.6. The predicted molar refractivity (Wildman–Crippen MR) is 100 cm³/mol. The molecule has 0 spiro atoms. The predicted octanol–water partition coefficient (Wildman–Crippen LogP) is 3.38. The Labute approximate surface area is 160 Å². The molecule has 0 radical (unpaired) electrons. The third kappa shape index (κ3) is 6.13. The molecule has 0 aromatic heterocycles. The number of ether oxygens (including phenoxy) is 1. The van der Waals surface area contributed by atoms with Crippen molar-refractivity contribution in [2.45, 2.75) is 19.4 Å². The monoisotopic (exact) mass is 385 g/mol. The van der Waals surface area contributed by atoms with Crippen molar-refractivity contribution >= 4 is 40.8 Å². The average molecular weight is 386 g/mol. The number of benzene rings is 2. The largest absolute Gasteiger partial charge is 0.449 e. The van der Waals surface area contributed by atoms with Gasteiger partial charge in [-0.25, -0.2) is 4.79 Å². The Hall–Kier alpha value is -3.37. The standard InChI is InChI=1S/C19H16ClN3O4/c1-12(18(25)23-16-4-2-3-14(20)11-16)27-19(26)13-5-7-15(8-6-13)22-17(24)9-10-21/h2-8,11-12H,9H2,1H3,(H,22,24)(H,23,25)/t12-/m1/s1. The zero-order chi connectivity index (χ0) is 19.8. The fourth-order valence-electron chi connectivity index (χ4n) is 2.06. The van der Waals surface area contributed by atoms with Gasteiger partial charge in [0.2, 0.25) is 5.91 Å². The van der Waals surface area contributed by atoms with Crippen molar-refractivity contribution in [3.8, 4) is 6.07 Å². The van der Waals surface area contributed by atoms with E-state index in [-0.39, 0.29) is 12.0 Å². The van der Waals surface area contributed by atoms with E-state index in [1.54, 1.807) is 30.3 Å². The van der Waals surface area contributed by atoms with E-state index in [1.807, 2.05) is 0 Å². The number of nitrogens with zero attached hydrogens (tertiary/aromatic N) is 1. The lowest BCUT2D eigenvalue weighted by molar-refractivity contribution is -0.123. The molecule has 138 valence electrons. The van der Waals surface area contributed by atoms with E-state index in [4.69, 9.17) is 21.6 Å². The Morgan fingerprint density at radius 2 is 1.81 bits per heavy atom. The Kier molecular flexibility index (Phi) is 6.92. The van der Waals surface area contributed by atoms with Crippen molar-refractivity contribution in [1.29, 1.82) is 5.26 Å². The smallest absolute Gasteiger partial charge is 0.338 e. The number of hydrogen-bond acceptors (Lipinski definition) is 5. The number of halogens is 1. The van der Waals surface area contributed by atoms with Crippen molar-refractivity contribution < 1.29 is 19.1 Å². The van der Waals surface area contributed by atoms with Crippen LogP contribution in [0.2, 0.25) is 5.02 Å². The molecule has 2 amide bonds. The third-order valence-corrected chi connectivity index (χ3v) is 3.62. The van der Waals surface area contributed by atoms with Crippen molar-refractivity contribution in [1.82, 2.24) is 0 Å². The minimum absolute atomic E-state index is 0.218. The Morgan fingerprint density at radius 3 is 2.44 bits per heavy atom. The maximum Gasteiger partial charge on any atom is 0.338 e. The van der Waals surface area contributed by atoms with Crippen LogP contribution in [-0.4, -0.2) is 23.9 Å². The molecule has 2 N–H and O–H groups in total. The first-order chi connectivity index (χ1) is 12.9. The fourth-order valence-corrected chi connectivity index (χ4v) is 2.25. The number of rotatable bonds is 6. The molecule has 0 saturated carbocycles. The summed E-state index contributed by atoms with van der Waals surface area (Å²) in [5.41, 5.74) is 1.15. The van der Waals surface area contributed by atoms with Gasteiger partial charge in [0.25, 0.3) is 5.91 Å². The SMILES string of the molecule is C[C@@H](OC(=O)c1ccc(NC(=O)CC#N)cc1)C(=O)Nc1cccc(Cl)c1. The van der Waals surface area contributed by atoms with E-state index < -0.39 is 23.9 Å². The lowest BCUT2D eigenvalue weighted by Gasteiger charge is -2.14. The molecule has 0 bridgehead atoms. The first kappa shape index (κ1) is 19.9. The summed E-state index contributed by atoms with van der Waals surface area (Å²) in [6, 6.07) is 14.2. The van der Waals surface area contributed by atoms with Crippen LogP contribution in [0.15, 0.2) is 48.5 Å². The highest BCUT2D eigenvalue weighted by atomic mass is 35.5. The summed E-state index contributed by atoms with van der Waals surface area (Å²) >= 11 is 5.86. The average Bonchev–Trinajstić information content (AvgIpc) is 2.62. The summed E-state index contributed by atoms with van der Waals surface area (Å²) in [6.45, 7) is 1.45. The van der Waals surface area contributed by atoms with Crippen molar-refractivity contribution in [3.05, 3.63) is 59.1 Å². The zero-order valence-electron chi connectivity index (χ0n) is 14.4. The van der Waals surface area contributed by atoms with Crippen LogP contribution < -0.4 is 10.6 Å². The van der Waals surface area contributed by atoms with Gasteiger partial charge in [0.1, 0.15) is 6.42 Å². The molecule has 8 heteroatoms. The molecule has 2 aromatic carbocycles. The second kappa shape index (κ2) is 9.36. The number of esters is 1. The molecule has 2 aromatic rings. The highest BCUT2D eigenvalue weighted by Gasteiger charge is 2.19. The maximum atomic E-state index is 12.1. The first-order valence-electron chi connectivity index (χ1n) is 7.93. The van der Waals surface area contributed by atoms with Gasteiger partial charge in [-0.3, -0.25) is 9.59 Å². The van der Waals surface area contributed by atoms with Crippen LogP contribution >= 0.6 is 11.6 Å². The number of amides is 2. The summed E-state index contributed by atoms with van der Waals surface area (Å²) in [6.07, 6.45) is -1.28. The zero-order valence-corrected chi connectivity index (χ0v) is 15.1. The molecule has 0 fully saturated rings. The Morgan fingerprint density at radius 1 is 1.11 bits per heavy atom. The van der Waals surface area contributed by atoms with Crippen molar-refractivity contribution in [2.75, 3.05) is 10.6 Å². The van der Waals surface area contributed by atoms with E-state index in [0.717, 1.165) is 0 Å². The molecule has 2 rings (SSSR count). The van der Waals surface area contributed by atoms with Gasteiger partial charge >= 0.3 is 5.97 Å².